The van der Waals surface area contributed by atoms with Gasteiger partial charge in [0.25, 0.3) is 0 Å². The molecule has 0 unspecified atom stereocenters. The average molecular weight is 254 g/mol. The van der Waals surface area contributed by atoms with E-state index in [-0.39, 0.29) is 10.9 Å². The van der Waals surface area contributed by atoms with Crippen LogP contribution in [0.25, 0.3) is 10.9 Å². The number of pyridine rings is 1. The van der Waals surface area contributed by atoms with Crippen LogP contribution in [-0.2, 0) is 14.6 Å². The number of carbonyl (C=O) groups excluding carboxylic acids is 1. The van der Waals surface area contributed by atoms with Gasteiger partial charge >= 0.3 is 0 Å². The van der Waals surface area contributed by atoms with Crippen molar-refractivity contribution in [2.75, 3.05) is 11.6 Å². The van der Waals surface area contributed by atoms with E-state index in [1.165, 1.54) is 19.2 Å². The largest absolute Gasteiger partial charge is 0.311 e. The van der Waals surface area contributed by atoms with Crippen LogP contribution in [0.5, 0.6) is 0 Å². The Morgan fingerprint density at radius 2 is 2.18 bits per heavy atom. The van der Waals surface area contributed by atoms with E-state index in [9.17, 15) is 13.2 Å². The van der Waals surface area contributed by atoms with Crippen molar-refractivity contribution in [2.45, 2.75) is 11.9 Å². The summed E-state index contributed by atoms with van der Waals surface area (Å²) in [6, 6.07) is 1.53. The van der Waals surface area contributed by atoms with E-state index in [1.807, 2.05) is 0 Å². The van der Waals surface area contributed by atoms with Gasteiger partial charge in [-0.2, -0.15) is 5.10 Å². The van der Waals surface area contributed by atoms with E-state index in [0.29, 0.717) is 16.7 Å². The summed E-state index contributed by atoms with van der Waals surface area (Å²) in [4.78, 5) is 14.8. The van der Waals surface area contributed by atoms with E-state index in [4.69, 9.17) is 0 Å². The number of carbonyl (C=O) groups is 1. The highest BCUT2D eigenvalue weighted by Gasteiger charge is 2.16. The normalized spacial score (nSPS) is 11.6. The third-order valence-electron chi connectivity index (χ3n) is 2.07. The number of rotatable bonds is 2. The summed E-state index contributed by atoms with van der Waals surface area (Å²) in [5, 5.41) is 9.16. The Kier molecular flexibility index (Phi) is 2.58. The average Bonchev–Trinajstić information content (AvgIpc) is 2.58. The maximum Gasteiger partial charge on any atom is 0.222 e. The van der Waals surface area contributed by atoms with Crippen LogP contribution >= 0.6 is 0 Å². The fraction of sp³-hybridized carbons (Fsp3) is 0.222. The predicted molar refractivity (Wildman–Crippen MR) is 61.3 cm³/mol. The molecule has 90 valence electrons. The first-order chi connectivity index (χ1) is 7.88. The second-order valence-electron chi connectivity index (χ2n) is 3.60. The van der Waals surface area contributed by atoms with Crippen LogP contribution in [0.1, 0.15) is 6.92 Å². The fourth-order valence-corrected chi connectivity index (χ4v) is 2.19. The zero-order valence-corrected chi connectivity index (χ0v) is 10.00. The lowest BCUT2D eigenvalue weighted by molar-refractivity contribution is -0.114. The summed E-state index contributed by atoms with van der Waals surface area (Å²) >= 11 is 0. The molecule has 2 rings (SSSR count). The molecule has 0 aliphatic heterocycles. The molecule has 0 saturated carbocycles. The van der Waals surface area contributed by atoms with Gasteiger partial charge in [-0.05, 0) is 0 Å². The number of hydrogen-bond acceptors (Lipinski definition) is 5. The molecule has 0 fully saturated rings. The summed E-state index contributed by atoms with van der Waals surface area (Å²) in [6.45, 7) is 1.36. The third-order valence-corrected chi connectivity index (χ3v) is 3.08. The Morgan fingerprint density at radius 3 is 2.76 bits per heavy atom. The lowest BCUT2D eigenvalue weighted by atomic mass is 10.3. The van der Waals surface area contributed by atoms with Crippen LogP contribution < -0.4 is 5.32 Å². The van der Waals surface area contributed by atoms with Gasteiger partial charge in [0.2, 0.25) is 5.91 Å². The van der Waals surface area contributed by atoms with Crippen molar-refractivity contribution in [3.8, 4) is 0 Å². The van der Waals surface area contributed by atoms with E-state index in [0.717, 1.165) is 6.26 Å². The van der Waals surface area contributed by atoms with Gasteiger partial charge in [-0.3, -0.25) is 9.89 Å². The smallest absolute Gasteiger partial charge is 0.222 e. The molecule has 0 aromatic carbocycles. The summed E-state index contributed by atoms with van der Waals surface area (Å²) in [7, 11) is -3.39. The third kappa shape index (κ3) is 2.26. The number of H-pyrrole nitrogens is 1. The molecule has 7 nitrogen and oxygen atoms in total. The molecule has 2 aromatic heterocycles. The first-order valence-electron chi connectivity index (χ1n) is 4.69. The first-order valence-corrected chi connectivity index (χ1v) is 6.59. The monoisotopic (exact) mass is 254 g/mol. The molecule has 0 aliphatic rings. The molecule has 8 heteroatoms. The second-order valence-corrected chi connectivity index (χ2v) is 5.53. The number of amides is 1. The summed E-state index contributed by atoms with van der Waals surface area (Å²) in [5.74, 6) is 0.0911. The molecule has 0 bridgehead atoms. The van der Waals surface area contributed by atoms with Gasteiger partial charge in [0.15, 0.2) is 14.9 Å². The van der Waals surface area contributed by atoms with Crippen molar-refractivity contribution in [1.29, 1.82) is 0 Å². The number of nitrogens with one attached hydrogen (secondary N) is 2. The molecule has 2 N–H and O–H groups in total. The molecule has 0 aliphatic carbocycles. The maximum atomic E-state index is 11.4. The van der Waals surface area contributed by atoms with Crippen molar-refractivity contribution in [1.82, 2.24) is 15.2 Å². The highest BCUT2D eigenvalue weighted by Crippen LogP contribution is 2.21. The second kappa shape index (κ2) is 3.81. The molecule has 1 amide bonds. The number of aromatic amines is 1. The van der Waals surface area contributed by atoms with Crippen molar-refractivity contribution in [2.24, 2.45) is 0 Å². The van der Waals surface area contributed by atoms with E-state index >= 15 is 0 Å². The van der Waals surface area contributed by atoms with Gasteiger partial charge < -0.3 is 5.32 Å². The van der Waals surface area contributed by atoms with Crippen LogP contribution in [0.2, 0.25) is 0 Å². The molecule has 0 atom stereocenters. The van der Waals surface area contributed by atoms with E-state index < -0.39 is 9.84 Å². The SMILES string of the molecule is CC(=O)Nc1cc2[nH]nc(S(C)(=O)=O)c2cn1. The molecule has 0 spiro atoms. The number of sulfone groups is 1. The zero-order valence-electron chi connectivity index (χ0n) is 9.18. The summed E-state index contributed by atoms with van der Waals surface area (Å²) in [6.07, 6.45) is 2.44. The van der Waals surface area contributed by atoms with Crippen LogP contribution in [0.3, 0.4) is 0 Å². The van der Waals surface area contributed by atoms with E-state index in [1.54, 1.807) is 0 Å². The lowest BCUT2D eigenvalue weighted by Crippen LogP contribution is -2.07. The Labute approximate surface area is 97.2 Å². The quantitative estimate of drug-likeness (QED) is 0.803. The lowest BCUT2D eigenvalue weighted by Gasteiger charge is -2.00. The van der Waals surface area contributed by atoms with Crippen molar-refractivity contribution >= 4 is 32.5 Å². The van der Waals surface area contributed by atoms with E-state index in [2.05, 4.69) is 20.5 Å². The number of nitrogens with zero attached hydrogens (tertiary/aromatic N) is 2. The molecule has 0 saturated heterocycles. The van der Waals surface area contributed by atoms with Gasteiger partial charge in [0.05, 0.1) is 10.9 Å². The van der Waals surface area contributed by atoms with Crippen LogP contribution in [0, 0.1) is 0 Å². The van der Waals surface area contributed by atoms with Gasteiger partial charge in [0.1, 0.15) is 5.82 Å². The molecule has 2 heterocycles. The number of fused-ring (bicyclic) bond motifs is 1. The van der Waals surface area contributed by atoms with Gasteiger partial charge in [-0.1, -0.05) is 0 Å². The van der Waals surface area contributed by atoms with Crippen LogP contribution in [-0.4, -0.2) is 35.8 Å². The predicted octanol–water partition coefficient (Wildman–Crippen LogP) is 0.320. The number of hydrogen-bond donors (Lipinski definition) is 2. The Balaban J connectivity index is 2.56. The Morgan fingerprint density at radius 1 is 1.47 bits per heavy atom. The summed E-state index contributed by atoms with van der Waals surface area (Å²) < 4.78 is 22.8. The van der Waals surface area contributed by atoms with Gasteiger partial charge in [-0.25, -0.2) is 13.4 Å². The molecule has 2 aromatic rings. The number of anilines is 1. The highest BCUT2D eigenvalue weighted by atomic mass is 32.2. The zero-order chi connectivity index (χ0) is 12.6. The van der Waals surface area contributed by atoms with Crippen molar-refractivity contribution < 1.29 is 13.2 Å². The maximum absolute atomic E-state index is 11.4. The molecular weight excluding hydrogens is 244 g/mol. The molecular formula is C9H10N4O3S. The standard InChI is InChI=1S/C9H10N4O3S/c1-5(14)11-8-3-7-6(4-10-8)9(13-12-7)17(2,15)16/h3-4H,1-2H3,(H,12,13)(H,10,11,14). The van der Waals surface area contributed by atoms with Gasteiger partial charge in [-0.15, -0.1) is 0 Å². The first kappa shape index (κ1) is 11.5. The van der Waals surface area contributed by atoms with Gasteiger partial charge in [0, 0.05) is 25.4 Å². The number of aromatic nitrogens is 3. The topological polar surface area (TPSA) is 105 Å². The fourth-order valence-electron chi connectivity index (χ4n) is 1.42. The Hall–Kier alpha value is -1.96. The Bertz CT molecular complexity index is 689. The van der Waals surface area contributed by atoms with Crippen molar-refractivity contribution in [3.63, 3.8) is 0 Å². The highest BCUT2D eigenvalue weighted by molar-refractivity contribution is 7.90. The van der Waals surface area contributed by atoms with Crippen LogP contribution in [0.4, 0.5) is 5.82 Å². The minimum Gasteiger partial charge on any atom is -0.311 e. The van der Waals surface area contributed by atoms with Crippen molar-refractivity contribution in [3.05, 3.63) is 12.3 Å². The minimum absolute atomic E-state index is 0.0469. The molecule has 0 radical (unpaired) electrons. The minimum atomic E-state index is -3.39. The van der Waals surface area contributed by atoms with Crippen LogP contribution in [0.15, 0.2) is 17.3 Å². The molecule has 17 heavy (non-hydrogen) atoms. The summed E-state index contributed by atoms with van der Waals surface area (Å²) in [5.41, 5.74) is 0.504.